The van der Waals surface area contributed by atoms with Crippen LogP contribution in [0.3, 0.4) is 0 Å². The molecule has 0 radical (unpaired) electrons. The molecule has 13 heavy (non-hydrogen) atoms. The predicted molar refractivity (Wildman–Crippen MR) is 51.6 cm³/mol. The van der Waals surface area contributed by atoms with Crippen molar-refractivity contribution in [1.82, 2.24) is 0 Å². The quantitative estimate of drug-likeness (QED) is 0.670. The second-order valence-corrected chi connectivity index (χ2v) is 4.35. The molecule has 0 aromatic heterocycles. The molecule has 0 aromatic carbocycles. The van der Waals surface area contributed by atoms with Gasteiger partial charge in [0.05, 0.1) is 12.0 Å². The predicted octanol–water partition coefficient (Wildman–Crippen LogP) is 2.04. The standard InChI is InChI=1S/C10H20O3/c1-8(2)5-4-6-10(3,13)7-9(11)12/h8,13H,4-7H2,1-3H3,(H,11,12)/t10-/m1/s1. The van der Waals surface area contributed by atoms with Crippen molar-refractivity contribution in [2.75, 3.05) is 0 Å². The maximum Gasteiger partial charge on any atom is 0.306 e. The second kappa shape index (κ2) is 5.22. The number of carboxylic acid groups (broad SMARTS) is 1. The molecule has 0 bridgehead atoms. The number of rotatable bonds is 6. The Morgan fingerprint density at radius 1 is 1.46 bits per heavy atom. The van der Waals surface area contributed by atoms with Crippen molar-refractivity contribution in [2.45, 2.75) is 52.1 Å². The Morgan fingerprint density at radius 2 is 2.00 bits per heavy atom. The van der Waals surface area contributed by atoms with Gasteiger partial charge in [-0.15, -0.1) is 0 Å². The highest BCUT2D eigenvalue weighted by Gasteiger charge is 2.23. The molecule has 0 aliphatic heterocycles. The van der Waals surface area contributed by atoms with E-state index in [4.69, 9.17) is 5.11 Å². The van der Waals surface area contributed by atoms with E-state index in [0.717, 1.165) is 12.8 Å². The molecule has 1 atom stereocenters. The Hall–Kier alpha value is -0.570. The minimum Gasteiger partial charge on any atom is -0.481 e. The van der Waals surface area contributed by atoms with E-state index in [1.165, 1.54) is 0 Å². The molecule has 0 heterocycles. The fourth-order valence-electron chi connectivity index (χ4n) is 1.31. The summed E-state index contributed by atoms with van der Waals surface area (Å²) in [5, 5.41) is 18.1. The van der Waals surface area contributed by atoms with Gasteiger partial charge in [0.25, 0.3) is 0 Å². The maximum atomic E-state index is 10.4. The molecule has 3 nitrogen and oxygen atoms in total. The average molecular weight is 188 g/mol. The molecule has 3 heteroatoms. The van der Waals surface area contributed by atoms with Gasteiger partial charge in [-0.05, 0) is 19.3 Å². The Bertz CT molecular complexity index is 162. The molecule has 0 amide bonds. The van der Waals surface area contributed by atoms with Gasteiger partial charge in [-0.2, -0.15) is 0 Å². The first-order valence-corrected chi connectivity index (χ1v) is 4.77. The molecule has 0 aliphatic rings. The van der Waals surface area contributed by atoms with Gasteiger partial charge in [-0.3, -0.25) is 4.79 Å². The lowest BCUT2D eigenvalue weighted by molar-refractivity contribution is -0.142. The third-order valence-corrected chi connectivity index (χ3v) is 2.03. The normalized spacial score (nSPS) is 15.8. The van der Waals surface area contributed by atoms with Crippen molar-refractivity contribution in [2.24, 2.45) is 5.92 Å². The number of hydrogen-bond acceptors (Lipinski definition) is 2. The van der Waals surface area contributed by atoms with Crippen LogP contribution in [-0.4, -0.2) is 21.8 Å². The van der Waals surface area contributed by atoms with Gasteiger partial charge < -0.3 is 10.2 Å². The van der Waals surface area contributed by atoms with E-state index in [9.17, 15) is 9.90 Å². The number of aliphatic carboxylic acids is 1. The lowest BCUT2D eigenvalue weighted by Crippen LogP contribution is -2.27. The van der Waals surface area contributed by atoms with Crippen LogP contribution in [0.4, 0.5) is 0 Å². The molecule has 0 saturated carbocycles. The SMILES string of the molecule is CC(C)CCC[C@@](C)(O)CC(=O)O. The van der Waals surface area contributed by atoms with E-state index in [2.05, 4.69) is 13.8 Å². The molecular weight excluding hydrogens is 168 g/mol. The summed E-state index contributed by atoms with van der Waals surface area (Å²) < 4.78 is 0. The third-order valence-electron chi connectivity index (χ3n) is 2.03. The first-order valence-electron chi connectivity index (χ1n) is 4.77. The van der Waals surface area contributed by atoms with Crippen molar-refractivity contribution in [1.29, 1.82) is 0 Å². The van der Waals surface area contributed by atoms with E-state index in [1.807, 2.05) is 0 Å². The highest BCUT2D eigenvalue weighted by molar-refractivity contribution is 5.67. The number of carbonyl (C=O) groups is 1. The maximum absolute atomic E-state index is 10.4. The molecule has 0 fully saturated rings. The van der Waals surface area contributed by atoms with Crippen LogP contribution in [0.2, 0.25) is 0 Å². The Kier molecular flexibility index (Phi) is 4.99. The highest BCUT2D eigenvalue weighted by atomic mass is 16.4. The fourth-order valence-corrected chi connectivity index (χ4v) is 1.31. The Labute approximate surface area is 79.8 Å². The topological polar surface area (TPSA) is 57.5 Å². The third kappa shape index (κ3) is 7.78. The summed E-state index contributed by atoms with van der Waals surface area (Å²) >= 11 is 0. The van der Waals surface area contributed by atoms with Crippen LogP contribution >= 0.6 is 0 Å². The van der Waals surface area contributed by atoms with Gasteiger partial charge in [0, 0.05) is 0 Å². The fraction of sp³-hybridized carbons (Fsp3) is 0.900. The molecule has 0 aliphatic carbocycles. The van der Waals surface area contributed by atoms with Crippen molar-refractivity contribution in [3.05, 3.63) is 0 Å². The summed E-state index contributed by atoms with van der Waals surface area (Å²) in [5.41, 5.74) is -1.04. The van der Waals surface area contributed by atoms with Crippen LogP contribution in [-0.2, 0) is 4.79 Å². The molecular formula is C10H20O3. The first kappa shape index (κ1) is 12.4. The second-order valence-electron chi connectivity index (χ2n) is 4.35. The number of carboxylic acids is 1. The lowest BCUT2D eigenvalue weighted by atomic mass is 9.93. The van der Waals surface area contributed by atoms with E-state index in [0.29, 0.717) is 12.3 Å². The van der Waals surface area contributed by atoms with Crippen LogP contribution in [0.5, 0.6) is 0 Å². The van der Waals surface area contributed by atoms with Crippen LogP contribution < -0.4 is 0 Å². The summed E-state index contributed by atoms with van der Waals surface area (Å²) in [5.74, 6) is -0.324. The molecule has 0 unspecified atom stereocenters. The summed E-state index contributed by atoms with van der Waals surface area (Å²) in [7, 11) is 0. The molecule has 2 N–H and O–H groups in total. The van der Waals surface area contributed by atoms with Crippen LogP contribution in [0.25, 0.3) is 0 Å². The van der Waals surface area contributed by atoms with Gasteiger partial charge in [0.15, 0.2) is 0 Å². The van der Waals surface area contributed by atoms with Crippen LogP contribution in [0, 0.1) is 5.92 Å². The van der Waals surface area contributed by atoms with E-state index in [-0.39, 0.29) is 6.42 Å². The van der Waals surface area contributed by atoms with Crippen LogP contribution in [0.1, 0.15) is 46.5 Å². The Balaban J connectivity index is 3.69. The highest BCUT2D eigenvalue weighted by Crippen LogP contribution is 2.19. The molecule has 0 aromatic rings. The summed E-state index contributed by atoms with van der Waals surface area (Å²) in [6.45, 7) is 5.82. The number of hydrogen-bond donors (Lipinski definition) is 2. The van der Waals surface area contributed by atoms with Gasteiger partial charge in [0.2, 0.25) is 0 Å². The smallest absolute Gasteiger partial charge is 0.306 e. The largest absolute Gasteiger partial charge is 0.481 e. The minimum absolute atomic E-state index is 0.162. The average Bonchev–Trinajstić information content (AvgIpc) is 1.81. The van der Waals surface area contributed by atoms with Gasteiger partial charge in [0.1, 0.15) is 0 Å². The molecule has 0 spiro atoms. The zero-order chi connectivity index (χ0) is 10.5. The molecule has 78 valence electrons. The van der Waals surface area contributed by atoms with Crippen LogP contribution in [0.15, 0.2) is 0 Å². The van der Waals surface area contributed by atoms with Gasteiger partial charge in [-0.1, -0.05) is 26.7 Å². The van der Waals surface area contributed by atoms with E-state index < -0.39 is 11.6 Å². The molecule has 0 saturated heterocycles. The van der Waals surface area contributed by atoms with E-state index in [1.54, 1.807) is 6.92 Å². The minimum atomic E-state index is -1.04. The van der Waals surface area contributed by atoms with E-state index >= 15 is 0 Å². The summed E-state index contributed by atoms with van der Waals surface area (Å²) in [4.78, 5) is 10.4. The van der Waals surface area contributed by atoms with Crippen molar-refractivity contribution in [3.63, 3.8) is 0 Å². The monoisotopic (exact) mass is 188 g/mol. The zero-order valence-electron chi connectivity index (χ0n) is 8.71. The lowest BCUT2D eigenvalue weighted by Gasteiger charge is -2.21. The first-order chi connectivity index (χ1) is 5.83. The number of aliphatic hydroxyl groups is 1. The zero-order valence-corrected chi connectivity index (χ0v) is 8.71. The van der Waals surface area contributed by atoms with Crippen molar-refractivity contribution in [3.8, 4) is 0 Å². The van der Waals surface area contributed by atoms with Crippen molar-refractivity contribution >= 4 is 5.97 Å². The van der Waals surface area contributed by atoms with Gasteiger partial charge >= 0.3 is 5.97 Å². The summed E-state index contributed by atoms with van der Waals surface area (Å²) in [6, 6.07) is 0. The molecule has 0 rings (SSSR count). The van der Waals surface area contributed by atoms with Gasteiger partial charge in [-0.25, -0.2) is 0 Å². The van der Waals surface area contributed by atoms with Crippen molar-refractivity contribution < 1.29 is 15.0 Å². The summed E-state index contributed by atoms with van der Waals surface area (Å²) in [6.07, 6.45) is 2.33. The Morgan fingerprint density at radius 3 is 2.38 bits per heavy atom.